The van der Waals surface area contributed by atoms with Crippen LogP contribution in [0.25, 0.3) is 0 Å². The smallest absolute Gasteiger partial charge is 0.130 e. The Balaban J connectivity index is 2.24. The highest BCUT2D eigenvalue weighted by Gasteiger charge is 2.02. The highest BCUT2D eigenvalue weighted by Crippen LogP contribution is 2.21. The molecule has 16 heavy (non-hydrogen) atoms. The average Bonchev–Trinajstić information content (AvgIpc) is 2.33. The van der Waals surface area contributed by atoms with E-state index in [2.05, 4.69) is 24.8 Å². The zero-order valence-corrected chi connectivity index (χ0v) is 9.10. The maximum absolute atomic E-state index is 5.37. The third kappa shape index (κ3) is 2.51. The Kier molecular flexibility index (Phi) is 3.39. The molecular formula is C15H14O. The third-order valence-electron chi connectivity index (χ3n) is 2.42. The lowest BCUT2D eigenvalue weighted by Gasteiger charge is -2.07. The Morgan fingerprint density at radius 1 is 0.938 bits per heavy atom. The van der Waals surface area contributed by atoms with Crippen LogP contribution in [-0.2, 0) is 6.42 Å². The van der Waals surface area contributed by atoms with Crippen molar-refractivity contribution in [2.45, 2.75) is 6.42 Å². The van der Waals surface area contributed by atoms with Crippen LogP contribution in [0.3, 0.4) is 0 Å². The summed E-state index contributed by atoms with van der Waals surface area (Å²) in [5.41, 5.74) is 2.45. The number of ether oxygens (including phenoxy) is 1. The molecule has 0 aliphatic carbocycles. The molecule has 0 radical (unpaired) electrons. The minimum atomic E-state index is 0.876. The third-order valence-corrected chi connectivity index (χ3v) is 2.42. The van der Waals surface area contributed by atoms with Gasteiger partial charge in [-0.2, -0.15) is 0 Å². The lowest BCUT2D eigenvalue weighted by molar-refractivity contribution is 0.478. The Hall–Kier alpha value is -2.02. The first kappa shape index (κ1) is 10.5. The number of hydrogen-bond donors (Lipinski definition) is 0. The van der Waals surface area contributed by atoms with Crippen molar-refractivity contribution < 1.29 is 4.74 Å². The van der Waals surface area contributed by atoms with Gasteiger partial charge in [0, 0.05) is 6.42 Å². The van der Waals surface area contributed by atoms with Crippen molar-refractivity contribution in [2.24, 2.45) is 0 Å². The van der Waals surface area contributed by atoms with E-state index >= 15 is 0 Å². The Morgan fingerprint density at radius 2 is 1.62 bits per heavy atom. The van der Waals surface area contributed by atoms with Crippen LogP contribution < -0.4 is 4.74 Å². The van der Waals surface area contributed by atoms with Crippen LogP contribution in [-0.4, -0.2) is 0 Å². The second kappa shape index (κ2) is 5.17. The molecule has 0 saturated carbocycles. The van der Waals surface area contributed by atoms with Crippen molar-refractivity contribution in [2.75, 3.05) is 0 Å². The van der Waals surface area contributed by atoms with Gasteiger partial charge in [0.15, 0.2) is 0 Å². The quantitative estimate of drug-likeness (QED) is 0.697. The summed E-state index contributed by atoms with van der Waals surface area (Å²) >= 11 is 0. The van der Waals surface area contributed by atoms with Gasteiger partial charge in [-0.3, -0.25) is 0 Å². The van der Waals surface area contributed by atoms with Crippen LogP contribution >= 0.6 is 0 Å². The maximum atomic E-state index is 5.37. The lowest BCUT2D eigenvalue weighted by Crippen LogP contribution is -1.92. The molecule has 0 fully saturated rings. The largest absolute Gasteiger partial charge is 0.465 e. The molecule has 0 aliphatic rings. The van der Waals surface area contributed by atoms with Gasteiger partial charge < -0.3 is 4.74 Å². The van der Waals surface area contributed by atoms with Crippen LogP contribution in [0.15, 0.2) is 67.4 Å². The molecule has 0 aliphatic heterocycles. The maximum Gasteiger partial charge on any atom is 0.130 e. The molecule has 0 amide bonds. The van der Waals surface area contributed by atoms with Gasteiger partial charge in [0.25, 0.3) is 0 Å². The molecule has 0 N–H and O–H groups in total. The lowest BCUT2D eigenvalue weighted by atomic mass is 10.0. The first-order valence-electron chi connectivity index (χ1n) is 5.29. The van der Waals surface area contributed by atoms with Crippen molar-refractivity contribution in [3.8, 4) is 5.75 Å². The number of benzene rings is 2. The van der Waals surface area contributed by atoms with Crippen molar-refractivity contribution in [3.63, 3.8) is 0 Å². The molecule has 2 rings (SSSR count). The first-order chi connectivity index (χ1) is 7.90. The number of hydrogen-bond acceptors (Lipinski definition) is 1. The van der Waals surface area contributed by atoms with E-state index in [0.29, 0.717) is 0 Å². The molecule has 1 heteroatoms. The van der Waals surface area contributed by atoms with E-state index in [1.165, 1.54) is 17.4 Å². The Morgan fingerprint density at radius 3 is 2.38 bits per heavy atom. The molecule has 1 nitrogen and oxygen atoms in total. The summed E-state index contributed by atoms with van der Waals surface area (Å²) in [6.45, 7) is 3.58. The first-order valence-corrected chi connectivity index (χ1v) is 5.29. The van der Waals surface area contributed by atoms with E-state index in [0.717, 1.165) is 12.2 Å². The molecule has 0 heterocycles. The molecule has 0 unspecified atom stereocenters. The summed E-state index contributed by atoms with van der Waals surface area (Å²) in [5.74, 6) is 0.876. The van der Waals surface area contributed by atoms with Gasteiger partial charge in [0.2, 0.25) is 0 Å². The SMILES string of the molecule is C=COc1ccccc1Cc1ccccc1. The highest BCUT2D eigenvalue weighted by atomic mass is 16.5. The molecule has 0 aromatic heterocycles. The molecule has 2 aromatic rings. The molecule has 0 spiro atoms. The molecular weight excluding hydrogens is 196 g/mol. The van der Waals surface area contributed by atoms with Crippen LogP contribution in [0.1, 0.15) is 11.1 Å². The summed E-state index contributed by atoms with van der Waals surface area (Å²) < 4.78 is 5.37. The summed E-state index contributed by atoms with van der Waals surface area (Å²) in [6.07, 6.45) is 2.34. The van der Waals surface area contributed by atoms with Gasteiger partial charge in [-0.15, -0.1) is 0 Å². The minimum absolute atomic E-state index is 0.876. The average molecular weight is 210 g/mol. The summed E-state index contributed by atoms with van der Waals surface area (Å²) in [5, 5.41) is 0. The Labute approximate surface area is 96.0 Å². The summed E-state index contributed by atoms with van der Waals surface area (Å²) in [6, 6.07) is 18.4. The van der Waals surface area contributed by atoms with Crippen molar-refractivity contribution in [1.82, 2.24) is 0 Å². The Bertz CT molecular complexity index is 460. The van der Waals surface area contributed by atoms with Crippen LogP contribution in [0.2, 0.25) is 0 Å². The fourth-order valence-corrected chi connectivity index (χ4v) is 1.67. The van der Waals surface area contributed by atoms with Gasteiger partial charge in [-0.05, 0) is 17.2 Å². The van der Waals surface area contributed by atoms with E-state index in [4.69, 9.17) is 4.74 Å². The standard InChI is InChI=1S/C15H14O/c1-2-16-15-11-7-6-10-14(15)12-13-8-4-3-5-9-13/h2-11H,1,12H2. The van der Waals surface area contributed by atoms with Crippen molar-refractivity contribution >= 4 is 0 Å². The highest BCUT2D eigenvalue weighted by molar-refractivity contribution is 5.37. The molecule has 2 aromatic carbocycles. The van der Waals surface area contributed by atoms with Crippen molar-refractivity contribution in [3.05, 3.63) is 78.6 Å². The van der Waals surface area contributed by atoms with Crippen LogP contribution in [0.5, 0.6) is 5.75 Å². The second-order valence-corrected chi connectivity index (χ2v) is 3.55. The number of para-hydroxylation sites is 1. The van der Waals surface area contributed by atoms with Gasteiger partial charge in [0.05, 0.1) is 6.26 Å². The normalized spacial score (nSPS) is 9.75. The van der Waals surface area contributed by atoms with Gasteiger partial charge in [-0.1, -0.05) is 55.1 Å². The fourth-order valence-electron chi connectivity index (χ4n) is 1.67. The zero-order chi connectivity index (χ0) is 11.2. The van der Waals surface area contributed by atoms with Crippen LogP contribution in [0, 0.1) is 0 Å². The zero-order valence-electron chi connectivity index (χ0n) is 9.10. The molecule has 0 saturated heterocycles. The van der Waals surface area contributed by atoms with E-state index in [-0.39, 0.29) is 0 Å². The molecule has 0 bridgehead atoms. The van der Waals surface area contributed by atoms with E-state index in [1.807, 2.05) is 36.4 Å². The fraction of sp³-hybridized carbons (Fsp3) is 0.0667. The topological polar surface area (TPSA) is 9.23 Å². The van der Waals surface area contributed by atoms with Gasteiger partial charge in [-0.25, -0.2) is 0 Å². The van der Waals surface area contributed by atoms with Crippen molar-refractivity contribution in [1.29, 1.82) is 0 Å². The second-order valence-electron chi connectivity index (χ2n) is 3.55. The number of rotatable bonds is 4. The van der Waals surface area contributed by atoms with Gasteiger partial charge in [0.1, 0.15) is 5.75 Å². The molecule has 80 valence electrons. The minimum Gasteiger partial charge on any atom is -0.465 e. The monoisotopic (exact) mass is 210 g/mol. The van der Waals surface area contributed by atoms with Gasteiger partial charge >= 0.3 is 0 Å². The van der Waals surface area contributed by atoms with Crippen LogP contribution in [0.4, 0.5) is 0 Å². The van der Waals surface area contributed by atoms with E-state index < -0.39 is 0 Å². The summed E-state index contributed by atoms with van der Waals surface area (Å²) in [4.78, 5) is 0. The predicted octanol–water partition coefficient (Wildman–Crippen LogP) is 3.80. The molecule has 0 atom stereocenters. The predicted molar refractivity (Wildman–Crippen MR) is 66.5 cm³/mol. The van der Waals surface area contributed by atoms with E-state index in [1.54, 1.807) is 0 Å². The van der Waals surface area contributed by atoms with E-state index in [9.17, 15) is 0 Å². The summed E-state index contributed by atoms with van der Waals surface area (Å²) in [7, 11) is 0.